The minimum atomic E-state index is -0.343. The van der Waals surface area contributed by atoms with E-state index in [0.29, 0.717) is 31.6 Å². The van der Waals surface area contributed by atoms with Gasteiger partial charge in [0.1, 0.15) is 11.9 Å². The molecule has 2 saturated heterocycles. The summed E-state index contributed by atoms with van der Waals surface area (Å²) in [5, 5.41) is 3.06. The summed E-state index contributed by atoms with van der Waals surface area (Å²) in [5.41, 5.74) is 1.68. The molecule has 0 aromatic heterocycles. The highest BCUT2D eigenvalue weighted by Crippen LogP contribution is 2.25. The Hall–Kier alpha value is -2.11. The Balaban J connectivity index is 1.55. The van der Waals surface area contributed by atoms with Crippen molar-refractivity contribution < 1.29 is 14.0 Å². The molecule has 0 saturated carbocycles. The van der Waals surface area contributed by atoms with E-state index in [0.717, 1.165) is 18.4 Å². The number of likely N-dealkylation sites (N-methyl/N-ethyl adjacent to an activating group) is 1. The van der Waals surface area contributed by atoms with Crippen LogP contribution in [0.15, 0.2) is 18.2 Å². The molecule has 0 bridgehead atoms. The van der Waals surface area contributed by atoms with Crippen LogP contribution in [0.5, 0.6) is 0 Å². The Morgan fingerprint density at radius 1 is 1.25 bits per heavy atom. The number of piperidine rings is 1. The van der Waals surface area contributed by atoms with E-state index in [2.05, 4.69) is 5.32 Å². The lowest BCUT2D eigenvalue weighted by molar-refractivity contribution is -0.134. The molecule has 0 aliphatic carbocycles. The lowest BCUT2D eigenvalue weighted by Gasteiger charge is -2.35. The first-order valence-electron chi connectivity index (χ1n) is 8.53. The fourth-order valence-electron chi connectivity index (χ4n) is 3.54. The Kier molecular flexibility index (Phi) is 4.73. The third-order valence-corrected chi connectivity index (χ3v) is 5.08. The number of anilines is 1. The van der Waals surface area contributed by atoms with Crippen molar-refractivity contribution in [3.63, 3.8) is 0 Å². The fraction of sp³-hybridized carbons (Fsp3) is 0.556. The number of likely N-dealkylation sites (tertiary alicyclic amines) is 1. The topological polar surface area (TPSA) is 52.7 Å². The predicted molar refractivity (Wildman–Crippen MR) is 90.3 cm³/mol. The van der Waals surface area contributed by atoms with Gasteiger partial charge in [0.15, 0.2) is 0 Å². The van der Waals surface area contributed by atoms with Crippen LogP contribution in [0.4, 0.5) is 10.1 Å². The first-order valence-corrected chi connectivity index (χ1v) is 8.53. The van der Waals surface area contributed by atoms with E-state index in [4.69, 9.17) is 0 Å². The highest BCUT2D eigenvalue weighted by atomic mass is 19.1. The summed E-state index contributed by atoms with van der Waals surface area (Å²) in [6.07, 6.45) is 2.60. The summed E-state index contributed by atoms with van der Waals surface area (Å²) in [6.45, 7) is 3.38. The Labute approximate surface area is 141 Å². The number of rotatable bonds is 3. The minimum Gasteiger partial charge on any atom is -0.369 e. The van der Waals surface area contributed by atoms with E-state index in [1.165, 1.54) is 11.0 Å². The van der Waals surface area contributed by atoms with Gasteiger partial charge in [-0.05, 0) is 43.9 Å². The number of nitrogens with zero attached hydrogens (tertiary/aromatic N) is 2. The molecule has 2 heterocycles. The molecule has 0 radical (unpaired) electrons. The van der Waals surface area contributed by atoms with E-state index < -0.39 is 0 Å². The molecule has 130 valence electrons. The van der Waals surface area contributed by atoms with E-state index in [1.807, 2.05) is 17.9 Å². The van der Waals surface area contributed by atoms with Crippen LogP contribution in [0.2, 0.25) is 0 Å². The van der Waals surface area contributed by atoms with Crippen LogP contribution in [0, 0.1) is 12.7 Å². The van der Waals surface area contributed by atoms with Gasteiger partial charge in [-0.3, -0.25) is 9.59 Å². The number of carbonyl (C=O) groups is 2. The van der Waals surface area contributed by atoms with Gasteiger partial charge in [0.2, 0.25) is 11.8 Å². The van der Waals surface area contributed by atoms with Crippen molar-refractivity contribution in [2.75, 3.05) is 25.0 Å². The van der Waals surface area contributed by atoms with Crippen molar-refractivity contribution in [2.24, 2.45) is 0 Å². The number of hydrogen-bond acceptors (Lipinski definition) is 3. The number of hydrogen-bond donors (Lipinski definition) is 1. The number of benzene rings is 1. The van der Waals surface area contributed by atoms with Crippen LogP contribution in [-0.4, -0.2) is 48.9 Å². The normalized spacial score (nSPS) is 22.1. The highest BCUT2D eigenvalue weighted by Gasteiger charge is 2.34. The zero-order valence-corrected chi connectivity index (χ0v) is 14.2. The number of halogens is 1. The average molecular weight is 333 g/mol. The van der Waals surface area contributed by atoms with Crippen LogP contribution >= 0.6 is 0 Å². The molecule has 24 heavy (non-hydrogen) atoms. The van der Waals surface area contributed by atoms with Gasteiger partial charge in [-0.1, -0.05) is 6.07 Å². The van der Waals surface area contributed by atoms with E-state index >= 15 is 0 Å². The van der Waals surface area contributed by atoms with Gasteiger partial charge >= 0.3 is 0 Å². The molecule has 1 atom stereocenters. The largest absolute Gasteiger partial charge is 0.369 e. The maximum Gasteiger partial charge on any atom is 0.243 e. The Bertz CT molecular complexity index is 641. The van der Waals surface area contributed by atoms with Gasteiger partial charge in [-0.25, -0.2) is 4.39 Å². The summed E-state index contributed by atoms with van der Waals surface area (Å²) in [5.74, 6) is -0.238. The standard InChI is InChI=1S/C18H24FN3O2/c1-12-3-4-14(19)16(11-12)22-9-7-13(8-10-22)20-18(24)15-5-6-17(23)21(15)2/h3-4,11,13,15H,5-10H2,1-2H3,(H,20,24). The summed E-state index contributed by atoms with van der Waals surface area (Å²) in [4.78, 5) is 27.5. The zero-order chi connectivity index (χ0) is 17.3. The monoisotopic (exact) mass is 333 g/mol. The highest BCUT2D eigenvalue weighted by molar-refractivity contribution is 5.90. The van der Waals surface area contributed by atoms with Crippen molar-refractivity contribution in [2.45, 2.75) is 44.7 Å². The van der Waals surface area contributed by atoms with Crippen LogP contribution in [-0.2, 0) is 9.59 Å². The van der Waals surface area contributed by atoms with Crippen LogP contribution in [0.25, 0.3) is 0 Å². The molecule has 1 unspecified atom stereocenters. The summed E-state index contributed by atoms with van der Waals surface area (Å²) in [6, 6.07) is 4.89. The van der Waals surface area contributed by atoms with Crippen LogP contribution in [0.1, 0.15) is 31.2 Å². The second-order valence-corrected chi connectivity index (χ2v) is 6.78. The molecule has 2 aliphatic heterocycles. The minimum absolute atomic E-state index is 0.0277. The third kappa shape index (κ3) is 3.37. The molecule has 1 N–H and O–H groups in total. The van der Waals surface area contributed by atoms with E-state index in [9.17, 15) is 14.0 Å². The van der Waals surface area contributed by atoms with Gasteiger partial charge in [-0.2, -0.15) is 0 Å². The molecule has 6 heteroatoms. The van der Waals surface area contributed by atoms with Gasteiger partial charge in [-0.15, -0.1) is 0 Å². The van der Waals surface area contributed by atoms with Crippen molar-refractivity contribution in [3.05, 3.63) is 29.6 Å². The molecule has 5 nitrogen and oxygen atoms in total. The van der Waals surface area contributed by atoms with Gasteiger partial charge < -0.3 is 15.1 Å². The number of nitrogens with one attached hydrogen (secondary N) is 1. The Morgan fingerprint density at radius 3 is 2.58 bits per heavy atom. The van der Waals surface area contributed by atoms with Crippen molar-refractivity contribution in [1.29, 1.82) is 0 Å². The smallest absolute Gasteiger partial charge is 0.243 e. The summed E-state index contributed by atoms with van der Waals surface area (Å²) in [7, 11) is 1.68. The molecular weight excluding hydrogens is 309 g/mol. The molecule has 2 fully saturated rings. The number of aryl methyl sites for hydroxylation is 1. The molecule has 0 spiro atoms. The second kappa shape index (κ2) is 6.79. The van der Waals surface area contributed by atoms with Crippen molar-refractivity contribution >= 4 is 17.5 Å². The van der Waals surface area contributed by atoms with E-state index in [-0.39, 0.29) is 29.7 Å². The number of carbonyl (C=O) groups excluding carboxylic acids is 2. The lowest BCUT2D eigenvalue weighted by atomic mass is 10.0. The summed E-state index contributed by atoms with van der Waals surface area (Å²) < 4.78 is 14.0. The maximum absolute atomic E-state index is 14.0. The average Bonchev–Trinajstić information content (AvgIpc) is 2.90. The lowest BCUT2D eigenvalue weighted by Crippen LogP contribution is -2.50. The summed E-state index contributed by atoms with van der Waals surface area (Å²) >= 11 is 0. The maximum atomic E-state index is 14.0. The molecule has 2 amide bonds. The number of amides is 2. The van der Waals surface area contributed by atoms with Crippen molar-refractivity contribution in [1.82, 2.24) is 10.2 Å². The van der Waals surface area contributed by atoms with Crippen LogP contribution in [0.3, 0.4) is 0 Å². The quantitative estimate of drug-likeness (QED) is 0.918. The second-order valence-electron chi connectivity index (χ2n) is 6.78. The molecular formula is C18H24FN3O2. The van der Waals surface area contributed by atoms with Gasteiger partial charge in [0, 0.05) is 32.6 Å². The first kappa shape index (κ1) is 16.7. The van der Waals surface area contributed by atoms with Crippen molar-refractivity contribution in [3.8, 4) is 0 Å². The van der Waals surface area contributed by atoms with Gasteiger partial charge in [0.25, 0.3) is 0 Å². The molecule has 1 aromatic carbocycles. The molecule has 1 aromatic rings. The molecule has 3 rings (SSSR count). The third-order valence-electron chi connectivity index (χ3n) is 5.08. The Morgan fingerprint density at radius 2 is 1.96 bits per heavy atom. The van der Waals surface area contributed by atoms with E-state index in [1.54, 1.807) is 13.1 Å². The van der Waals surface area contributed by atoms with Gasteiger partial charge in [0.05, 0.1) is 5.69 Å². The van der Waals surface area contributed by atoms with Crippen LogP contribution < -0.4 is 10.2 Å². The zero-order valence-electron chi connectivity index (χ0n) is 14.2. The fourth-order valence-corrected chi connectivity index (χ4v) is 3.54. The first-order chi connectivity index (χ1) is 11.5. The predicted octanol–water partition coefficient (Wildman–Crippen LogP) is 1.84. The molecule has 2 aliphatic rings. The SMILES string of the molecule is Cc1ccc(F)c(N2CCC(NC(=O)C3CCC(=O)N3C)CC2)c1.